The number of hydrogen-bond donors (Lipinski definition) is 3. The molecule has 7 rings (SSSR count). The van der Waals surface area contributed by atoms with Gasteiger partial charge in [0, 0.05) is 37.0 Å². The molecule has 1 aromatic carbocycles. The first-order chi connectivity index (χ1) is 27.5. The Morgan fingerprint density at radius 3 is 2.59 bits per heavy atom. The fraction of sp³-hybridized carbons (Fsp3) is 0.550. The third-order valence-electron chi connectivity index (χ3n) is 11.4. The summed E-state index contributed by atoms with van der Waals surface area (Å²) in [6.45, 7) is 5.23. The van der Waals surface area contributed by atoms with Crippen LogP contribution in [0.15, 0.2) is 42.6 Å². The van der Waals surface area contributed by atoms with Crippen LogP contribution < -0.4 is 29.6 Å². The van der Waals surface area contributed by atoms with Crippen molar-refractivity contribution >= 4 is 56.2 Å². The predicted octanol–water partition coefficient (Wildman–Crippen LogP) is 3.96. The van der Waals surface area contributed by atoms with Crippen LogP contribution in [0.25, 0.3) is 10.9 Å². The fourth-order valence-corrected chi connectivity index (χ4v) is 9.22. The minimum atomic E-state index is -4.02. The average molecular weight is 840 g/mol. The maximum absolute atomic E-state index is 14.7. The number of allylic oxidation sites excluding steroid dienone is 1. The SMILES string of the molecule is COc1c(Cl)ccc2c(O[C@@H]3C[C@H]4C(=O)N[C@]5(C(=O)NS(=O)(=O)C6(C)CC6)C[C@H]5/C=C\CCCCC[C@H](NC(=O)c5ccn(C)n5)C(=O)N4C3)cc(OC(C)C)nc12. The van der Waals surface area contributed by atoms with E-state index < -0.39 is 68.0 Å². The number of rotatable bonds is 10. The van der Waals surface area contributed by atoms with Crippen molar-refractivity contribution in [1.29, 1.82) is 0 Å². The Morgan fingerprint density at radius 2 is 1.90 bits per heavy atom. The largest absolute Gasteiger partial charge is 0.493 e. The van der Waals surface area contributed by atoms with Crippen LogP contribution >= 0.6 is 11.6 Å². The molecule has 3 N–H and O–H groups in total. The van der Waals surface area contributed by atoms with E-state index in [2.05, 4.69) is 25.4 Å². The van der Waals surface area contributed by atoms with Crippen molar-refractivity contribution in [3.8, 4) is 17.4 Å². The van der Waals surface area contributed by atoms with E-state index in [4.69, 9.17) is 25.8 Å². The number of aryl methyl sites for hydroxylation is 1. The molecule has 2 saturated carbocycles. The molecule has 5 atom stereocenters. The molecule has 16 nitrogen and oxygen atoms in total. The molecule has 312 valence electrons. The second-order valence-electron chi connectivity index (χ2n) is 16.2. The molecule has 0 unspecified atom stereocenters. The van der Waals surface area contributed by atoms with Crippen molar-refractivity contribution in [3.05, 3.63) is 53.3 Å². The number of halogens is 1. The molecule has 58 heavy (non-hydrogen) atoms. The van der Waals surface area contributed by atoms with Crippen molar-refractivity contribution in [2.75, 3.05) is 13.7 Å². The molecule has 3 fully saturated rings. The lowest BCUT2D eigenvalue weighted by Gasteiger charge is -2.30. The molecule has 0 bridgehead atoms. The van der Waals surface area contributed by atoms with E-state index in [9.17, 15) is 27.6 Å². The number of methoxy groups -OCH3 is 1. The first-order valence-electron chi connectivity index (χ1n) is 19.7. The average Bonchev–Trinajstić information content (AvgIpc) is 3.96. The summed E-state index contributed by atoms with van der Waals surface area (Å²) in [7, 11) is -0.858. The smallest absolute Gasteiger partial charge is 0.272 e. The lowest BCUT2D eigenvalue weighted by Crippen LogP contribution is -2.58. The van der Waals surface area contributed by atoms with Gasteiger partial charge in [-0.25, -0.2) is 13.4 Å². The number of hydrogen-bond acceptors (Lipinski definition) is 11. The first kappa shape index (κ1) is 41.3. The number of carbonyl (C=O) groups excluding carboxylic acids is 4. The number of pyridine rings is 1. The van der Waals surface area contributed by atoms with E-state index in [0.29, 0.717) is 59.5 Å². The van der Waals surface area contributed by atoms with Crippen LogP contribution in [0, 0.1) is 5.92 Å². The molecule has 2 aliphatic carbocycles. The lowest BCUT2D eigenvalue weighted by molar-refractivity contribution is -0.141. The molecule has 18 heteroatoms. The summed E-state index contributed by atoms with van der Waals surface area (Å²) in [6.07, 6.45) is 8.57. The highest BCUT2D eigenvalue weighted by molar-refractivity contribution is 7.91. The second kappa shape index (κ2) is 16.0. The number of fused-ring (bicyclic) bond motifs is 3. The Morgan fingerprint density at radius 1 is 1.12 bits per heavy atom. The molecular formula is C40H50ClN7O9S. The molecule has 0 spiro atoms. The molecule has 1 saturated heterocycles. The zero-order valence-corrected chi connectivity index (χ0v) is 34.8. The third-order valence-corrected chi connectivity index (χ3v) is 13.9. The summed E-state index contributed by atoms with van der Waals surface area (Å²) < 4.78 is 47.3. The molecule has 4 amide bonds. The minimum Gasteiger partial charge on any atom is -0.493 e. The molecular weight excluding hydrogens is 790 g/mol. The highest BCUT2D eigenvalue weighted by Gasteiger charge is 2.63. The number of carbonyl (C=O) groups is 4. The molecule has 2 aliphatic heterocycles. The van der Waals surface area contributed by atoms with Gasteiger partial charge in [-0.3, -0.25) is 28.6 Å². The van der Waals surface area contributed by atoms with Gasteiger partial charge in [0.25, 0.3) is 11.8 Å². The highest BCUT2D eigenvalue weighted by atomic mass is 35.5. The Hall–Kier alpha value is -4.90. The first-order valence-corrected chi connectivity index (χ1v) is 21.6. The van der Waals surface area contributed by atoms with Crippen molar-refractivity contribution in [2.24, 2.45) is 13.0 Å². The van der Waals surface area contributed by atoms with Crippen molar-refractivity contribution in [1.82, 2.24) is 35.0 Å². The number of amides is 4. The number of sulfonamides is 1. The highest BCUT2D eigenvalue weighted by Crippen LogP contribution is 2.48. The van der Waals surface area contributed by atoms with Crippen LogP contribution in [0.1, 0.15) is 89.0 Å². The van der Waals surface area contributed by atoms with Gasteiger partial charge in [0.2, 0.25) is 27.7 Å². The van der Waals surface area contributed by atoms with Crippen LogP contribution in [0.3, 0.4) is 0 Å². The molecule has 3 aromatic rings. The minimum absolute atomic E-state index is 0.00195. The third kappa shape index (κ3) is 8.33. The Bertz CT molecular complexity index is 2260. The van der Waals surface area contributed by atoms with Gasteiger partial charge in [0.05, 0.1) is 29.5 Å². The van der Waals surface area contributed by atoms with Crippen molar-refractivity contribution in [2.45, 2.75) is 113 Å². The van der Waals surface area contributed by atoms with Crippen molar-refractivity contribution < 1.29 is 41.8 Å². The monoisotopic (exact) mass is 839 g/mol. The zero-order chi connectivity index (χ0) is 41.6. The summed E-state index contributed by atoms with van der Waals surface area (Å²) in [5.41, 5.74) is -1.03. The van der Waals surface area contributed by atoms with E-state index in [1.807, 2.05) is 26.0 Å². The summed E-state index contributed by atoms with van der Waals surface area (Å²) in [5, 5.41) is 10.8. The quantitative estimate of drug-likeness (QED) is 0.250. The van der Waals surface area contributed by atoms with Crippen molar-refractivity contribution in [3.63, 3.8) is 0 Å². The van der Waals surface area contributed by atoms with E-state index in [1.165, 1.54) is 16.7 Å². The number of ether oxygens (including phenoxy) is 3. The van der Waals surface area contributed by atoms with Gasteiger partial charge in [-0.1, -0.05) is 36.6 Å². The number of benzene rings is 1. The normalized spacial score (nSPS) is 26.4. The Labute approximate surface area is 342 Å². The number of nitrogens with one attached hydrogen (secondary N) is 3. The van der Waals surface area contributed by atoms with Gasteiger partial charge in [0.15, 0.2) is 5.75 Å². The summed E-state index contributed by atoms with van der Waals surface area (Å²) in [5.74, 6) is -2.07. The lowest BCUT2D eigenvalue weighted by atomic mass is 10.0. The van der Waals surface area contributed by atoms with Crippen LogP contribution in [-0.4, -0.2) is 99.9 Å². The van der Waals surface area contributed by atoms with Gasteiger partial charge < -0.3 is 29.7 Å². The second-order valence-corrected chi connectivity index (χ2v) is 18.8. The van der Waals surface area contributed by atoms with E-state index >= 15 is 0 Å². The van der Waals surface area contributed by atoms with Crippen LogP contribution in [-0.2, 0) is 31.5 Å². The van der Waals surface area contributed by atoms with E-state index in [-0.39, 0.29) is 37.1 Å². The standard InChI is InChI=1S/C40H50ClN7O9S/c1-23(2)56-32-20-31(26-13-14-27(41)34(55-5)33(26)43-32)57-25-19-30-36(50)44-40(38(52)46-58(53,54)39(3)16-17-39)21-24(40)11-9-7-6-8-10-12-29(37(51)48(30)22-25)42-35(49)28-15-18-47(4)45-28/h9,11,13-15,18,20,23-25,29-30H,6-8,10,12,16-17,19,21-22H2,1-5H3,(H,42,49)(H,44,50)(H,46,52)/b11-9-/t24-,25-,29+,30+,40-/m1/s1. The van der Waals surface area contributed by atoms with E-state index in [1.54, 1.807) is 44.4 Å². The van der Waals surface area contributed by atoms with Gasteiger partial charge >= 0.3 is 0 Å². The molecule has 4 heterocycles. The zero-order valence-electron chi connectivity index (χ0n) is 33.2. The fourth-order valence-electron chi connectivity index (χ4n) is 7.68. The van der Waals surface area contributed by atoms with E-state index in [0.717, 1.165) is 12.8 Å². The van der Waals surface area contributed by atoms with Crippen LogP contribution in [0.5, 0.6) is 17.4 Å². The Balaban J connectivity index is 1.23. The van der Waals surface area contributed by atoms with Gasteiger partial charge in [-0.2, -0.15) is 5.10 Å². The summed E-state index contributed by atoms with van der Waals surface area (Å²) >= 11 is 6.47. The predicted molar refractivity (Wildman–Crippen MR) is 214 cm³/mol. The number of aromatic nitrogens is 3. The van der Waals surface area contributed by atoms with Crippen LogP contribution in [0.2, 0.25) is 5.02 Å². The van der Waals surface area contributed by atoms with Gasteiger partial charge in [0.1, 0.15) is 40.7 Å². The Kier molecular flexibility index (Phi) is 11.4. The topological polar surface area (TPSA) is 200 Å². The number of nitrogens with zero attached hydrogens (tertiary/aromatic N) is 4. The van der Waals surface area contributed by atoms with Gasteiger partial charge in [-0.15, -0.1) is 0 Å². The maximum atomic E-state index is 14.7. The van der Waals surface area contributed by atoms with Gasteiger partial charge in [-0.05, 0) is 77.5 Å². The molecule has 2 aromatic heterocycles. The maximum Gasteiger partial charge on any atom is 0.272 e. The molecule has 4 aliphatic rings. The molecule has 0 radical (unpaired) electrons. The van der Waals surface area contributed by atoms with Crippen LogP contribution in [0.4, 0.5) is 0 Å². The summed E-state index contributed by atoms with van der Waals surface area (Å²) in [6, 6.07) is 4.39. The summed E-state index contributed by atoms with van der Waals surface area (Å²) in [4.78, 5) is 62.7.